The summed E-state index contributed by atoms with van der Waals surface area (Å²) in [6, 6.07) is 0. The molecule has 23 heavy (non-hydrogen) atoms. The molecule has 132 valence electrons. The van der Waals surface area contributed by atoms with Crippen LogP contribution in [0.3, 0.4) is 0 Å². The Morgan fingerprint density at radius 1 is 0.870 bits per heavy atom. The van der Waals surface area contributed by atoms with Crippen molar-refractivity contribution in [3.8, 4) is 0 Å². The number of aliphatic carboxylic acids is 1. The van der Waals surface area contributed by atoms with Gasteiger partial charge in [0.25, 0.3) is 0 Å². The molecule has 0 bridgehead atoms. The molecule has 1 rings (SSSR count). The third-order valence-electron chi connectivity index (χ3n) is 3.56. The average molecular weight is 348 g/mol. The van der Waals surface area contributed by atoms with Crippen LogP contribution in [0, 0.1) is 14.1 Å². The summed E-state index contributed by atoms with van der Waals surface area (Å²) in [5.41, 5.74) is 0. The molecule has 0 amide bonds. The molecule has 0 aromatic heterocycles. The highest BCUT2D eigenvalue weighted by Gasteiger charge is 2.21. The number of hydrogen-bond acceptors (Lipinski definition) is 6. The molecule has 0 unspecified atom stereocenters. The predicted octanol–water partition coefficient (Wildman–Crippen LogP) is -1.24. The van der Waals surface area contributed by atoms with Crippen molar-refractivity contribution in [3.05, 3.63) is 14.1 Å². The van der Waals surface area contributed by atoms with Crippen LogP contribution >= 0.6 is 7.60 Å². The molecule has 4 radical (unpaired) electrons. The van der Waals surface area contributed by atoms with E-state index in [0.717, 1.165) is 0 Å². The van der Waals surface area contributed by atoms with Crippen molar-refractivity contribution < 1.29 is 24.3 Å². The molecule has 10 heteroatoms. The Bertz CT molecular complexity index is 419. The molecule has 0 atom stereocenters. The molecule has 3 N–H and O–H groups in total. The first-order chi connectivity index (χ1) is 10.7. The van der Waals surface area contributed by atoms with E-state index < -0.39 is 13.6 Å². The van der Waals surface area contributed by atoms with Gasteiger partial charge in [-0.1, -0.05) is 0 Å². The van der Waals surface area contributed by atoms with Crippen molar-refractivity contribution in [2.75, 3.05) is 65.2 Å². The lowest BCUT2D eigenvalue weighted by molar-refractivity contribution is -0.138. The van der Waals surface area contributed by atoms with Gasteiger partial charge in [-0.05, 0) is 0 Å². The maximum Gasteiger partial charge on any atom is 0.339 e. The second kappa shape index (κ2) is 9.68. The third kappa shape index (κ3) is 10.0. The van der Waals surface area contributed by atoms with Gasteiger partial charge in [0.05, 0.1) is 6.54 Å². The van der Waals surface area contributed by atoms with Crippen LogP contribution in [-0.4, -0.2) is 106 Å². The van der Waals surface area contributed by atoms with E-state index >= 15 is 0 Å². The average Bonchev–Trinajstić information content (AvgIpc) is 2.41. The van der Waals surface area contributed by atoms with Crippen LogP contribution in [0.5, 0.6) is 0 Å². The van der Waals surface area contributed by atoms with Gasteiger partial charge in [0.2, 0.25) is 0 Å². The zero-order chi connectivity index (χ0) is 17.5. The zero-order valence-corrected chi connectivity index (χ0v) is 14.0. The maximum absolute atomic E-state index is 11.2. The topological polar surface area (TPSA) is 108 Å². The Balaban J connectivity index is 2.71. The number of carbonyl (C=O) groups is 1. The number of rotatable bonds is 4. The summed E-state index contributed by atoms with van der Waals surface area (Å²) >= 11 is 0. The van der Waals surface area contributed by atoms with Crippen molar-refractivity contribution in [2.24, 2.45) is 0 Å². The van der Waals surface area contributed by atoms with E-state index in [2.05, 4.69) is 0 Å². The van der Waals surface area contributed by atoms with E-state index in [-0.39, 0.29) is 12.8 Å². The van der Waals surface area contributed by atoms with Gasteiger partial charge in [0.1, 0.15) is 6.29 Å². The molecule has 1 aliphatic heterocycles. The minimum atomic E-state index is -4.19. The summed E-state index contributed by atoms with van der Waals surface area (Å²) in [6.07, 6.45) is -0.370. The van der Waals surface area contributed by atoms with Crippen molar-refractivity contribution in [1.29, 1.82) is 0 Å². The normalized spacial score (nSPS) is 22.4. The summed E-state index contributed by atoms with van der Waals surface area (Å²) in [5, 5.41) is 8.96. The Morgan fingerprint density at radius 3 is 1.74 bits per heavy atom. The van der Waals surface area contributed by atoms with E-state index in [1.54, 1.807) is 19.6 Å². The van der Waals surface area contributed by atoms with E-state index in [1.807, 2.05) is 0 Å². The Hall–Kier alpha value is -0.540. The molecular formula is C13H25N4O5P. The molecule has 1 fully saturated rings. The lowest BCUT2D eigenvalue weighted by Crippen LogP contribution is -2.45. The van der Waals surface area contributed by atoms with E-state index in [0.29, 0.717) is 52.4 Å². The second-order valence-corrected chi connectivity index (χ2v) is 7.28. The largest absolute Gasteiger partial charge is 0.480 e. The first-order valence-corrected chi connectivity index (χ1v) is 9.16. The maximum atomic E-state index is 11.2. The molecule has 0 spiro atoms. The van der Waals surface area contributed by atoms with Crippen LogP contribution in [0.1, 0.15) is 0 Å². The summed E-state index contributed by atoms with van der Waals surface area (Å²) < 4.78 is 11.2. The molecule has 0 aliphatic carbocycles. The van der Waals surface area contributed by atoms with E-state index in [4.69, 9.17) is 29.0 Å². The van der Waals surface area contributed by atoms with Crippen LogP contribution in [-0.2, 0) is 9.36 Å². The van der Waals surface area contributed by atoms with Crippen molar-refractivity contribution in [1.82, 2.24) is 19.6 Å². The van der Waals surface area contributed by atoms with Crippen LogP contribution in [0.15, 0.2) is 0 Å². The molecule has 1 heterocycles. The highest BCUT2D eigenvalue weighted by molar-refractivity contribution is 7.51. The van der Waals surface area contributed by atoms with Gasteiger partial charge in [-0.25, -0.2) is 0 Å². The lowest BCUT2D eigenvalue weighted by Gasteiger charge is -2.31. The smallest absolute Gasteiger partial charge is 0.339 e. The van der Waals surface area contributed by atoms with Crippen LogP contribution < -0.4 is 0 Å². The van der Waals surface area contributed by atoms with E-state index in [1.165, 1.54) is 0 Å². The number of carboxylic acid groups (broad SMARTS) is 1. The van der Waals surface area contributed by atoms with E-state index in [9.17, 15) is 9.36 Å². The fraction of sp³-hybridized carbons (Fsp3) is 0.769. The minimum Gasteiger partial charge on any atom is -0.480 e. The van der Waals surface area contributed by atoms with Gasteiger partial charge in [-0.15, -0.1) is 0 Å². The van der Waals surface area contributed by atoms with Gasteiger partial charge >= 0.3 is 13.6 Å². The number of carboxylic acids is 1. The summed E-state index contributed by atoms with van der Waals surface area (Å²) in [6.45, 7) is 3.38. The fourth-order valence-electron chi connectivity index (χ4n) is 2.28. The number of nitrogens with zero attached hydrogens (tertiary/aromatic N) is 4. The SMILES string of the molecule is [CH]N1CCN([CH])CCN(CP(=O)(O)O)CCN(CC(=O)O)CC1. The van der Waals surface area contributed by atoms with Crippen LogP contribution in [0.25, 0.3) is 0 Å². The zero-order valence-electron chi connectivity index (χ0n) is 13.1. The Morgan fingerprint density at radius 2 is 1.26 bits per heavy atom. The monoisotopic (exact) mass is 348 g/mol. The summed E-state index contributed by atoms with van der Waals surface area (Å²) in [7, 11) is 7.50. The van der Waals surface area contributed by atoms with Gasteiger partial charge in [0, 0.05) is 66.5 Å². The van der Waals surface area contributed by atoms with Crippen molar-refractivity contribution in [3.63, 3.8) is 0 Å². The molecule has 1 aliphatic rings. The fourth-order valence-corrected chi connectivity index (χ4v) is 3.08. The molecule has 0 aromatic carbocycles. The number of hydrogen-bond donors (Lipinski definition) is 3. The minimum absolute atomic E-state index is 0.138. The van der Waals surface area contributed by atoms with Crippen molar-refractivity contribution in [2.45, 2.75) is 0 Å². The molecule has 9 nitrogen and oxygen atoms in total. The van der Waals surface area contributed by atoms with Crippen LogP contribution in [0.4, 0.5) is 0 Å². The summed E-state index contributed by atoms with van der Waals surface area (Å²) in [5.74, 6) is -0.949. The molecule has 1 saturated heterocycles. The standard InChI is InChI=1S/C13H25N4O5P/c1-14-3-4-15(2)6-8-17(12-23(20,21)22)10-9-16(7-5-14)11-13(18)19/h1-2H,3-12H2,(H,18,19)(H2,20,21,22). The summed E-state index contributed by atoms with van der Waals surface area (Å²) in [4.78, 5) is 35.7. The first-order valence-electron chi connectivity index (χ1n) is 7.36. The highest BCUT2D eigenvalue weighted by atomic mass is 31.2. The Labute approximate surface area is 137 Å². The quantitative estimate of drug-likeness (QED) is 0.538. The predicted molar refractivity (Wildman–Crippen MR) is 84.3 cm³/mol. The molecule has 0 saturated carbocycles. The highest BCUT2D eigenvalue weighted by Crippen LogP contribution is 2.34. The van der Waals surface area contributed by atoms with Crippen LogP contribution in [0.2, 0.25) is 0 Å². The van der Waals surface area contributed by atoms with Crippen molar-refractivity contribution >= 4 is 13.6 Å². The third-order valence-corrected chi connectivity index (χ3v) is 4.33. The second-order valence-electron chi connectivity index (χ2n) is 5.67. The first kappa shape index (κ1) is 20.5. The van der Waals surface area contributed by atoms with Gasteiger partial charge < -0.3 is 14.9 Å². The van der Waals surface area contributed by atoms with Gasteiger partial charge in [-0.3, -0.25) is 29.0 Å². The lowest BCUT2D eigenvalue weighted by atomic mass is 10.3. The molecule has 0 aromatic rings. The molecular weight excluding hydrogens is 323 g/mol. The Kier molecular flexibility index (Phi) is 8.63. The van der Waals surface area contributed by atoms with Gasteiger partial charge in [0.15, 0.2) is 0 Å². The van der Waals surface area contributed by atoms with Gasteiger partial charge in [-0.2, -0.15) is 0 Å².